The summed E-state index contributed by atoms with van der Waals surface area (Å²) in [6.45, 7) is 0.960. The molecule has 0 spiro atoms. The van der Waals surface area contributed by atoms with E-state index in [0.717, 1.165) is 22.4 Å². The second-order valence-electron chi connectivity index (χ2n) is 5.95. The van der Waals surface area contributed by atoms with Crippen LogP contribution < -0.4 is 5.73 Å². The van der Waals surface area contributed by atoms with Gasteiger partial charge in [0.25, 0.3) is 5.91 Å². The van der Waals surface area contributed by atoms with Gasteiger partial charge in [-0.3, -0.25) is 4.79 Å². The number of amides is 1. The zero-order valence-corrected chi connectivity index (χ0v) is 14.1. The van der Waals surface area contributed by atoms with Crippen molar-refractivity contribution in [2.24, 2.45) is 0 Å². The number of halogens is 1. The minimum Gasteiger partial charge on any atom is -0.368 e. The number of carbonyl (C=O) groups excluding carboxylic acids is 1. The zero-order valence-electron chi connectivity index (χ0n) is 13.3. The SMILES string of the molecule is Nc1ncc2c(n1)CN(C(=O)c1ccc(-c3cccc(Cl)c3)cc1)C2. The van der Waals surface area contributed by atoms with E-state index in [0.29, 0.717) is 23.7 Å². The molecule has 1 aromatic heterocycles. The Bertz CT molecular complexity index is 956. The van der Waals surface area contributed by atoms with Crippen molar-refractivity contribution in [3.8, 4) is 11.1 Å². The predicted molar refractivity (Wildman–Crippen MR) is 96.9 cm³/mol. The van der Waals surface area contributed by atoms with Crippen LogP contribution in [0.1, 0.15) is 21.6 Å². The summed E-state index contributed by atoms with van der Waals surface area (Å²) in [7, 11) is 0. The number of hydrogen-bond acceptors (Lipinski definition) is 4. The van der Waals surface area contributed by atoms with Gasteiger partial charge >= 0.3 is 0 Å². The number of hydrogen-bond donors (Lipinski definition) is 1. The molecule has 1 aliphatic heterocycles. The maximum Gasteiger partial charge on any atom is 0.254 e. The molecule has 2 aromatic carbocycles. The van der Waals surface area contributed by atoms with Crippen molar-refractivity contribution in [3.05, 3.63) is 76.6 Å². The van der Waals surface area contributed by atoms with Crippen LogP contribution in [0, 0.1) is 0 Å². The largest absolute Gasteiger partial charge is 0.368 e. The van der Waals surface area contributed by atoms with Crippen LogP contribution in [0.3, 0.4) is 0 Å². The highest BCUT2D eigenvalue weighted by atomic mass is 35.5. The number of nitrogens with zero attached hydrogens (tertiary/aromatic N) is 3. The molecule has 0 unspecified atom stereocenters. The topological polar surface area (TPSA) is 72.1 Å². The number of anilines is 1. The fourth-order valence-corrected chi connectivity index (χ4v) is 3.16. The van der Waals surface area contributed by atoms with Gasteiger partial charge in [-0.2, -0.15) is 0 Å². The summed E-state index contributed by atoms with van der Waals surface area (Å²) >= 11 is 6.04. The molecule has 0 saturated heterocycles. The predicted octanol–water partition coefficient (Wildman–Crippen LogP) is 3.54. The third-order valence-corrected chi connectivity index (χ3v) is 4.49. The van der Waals surface area contributed by atoms with Crippen molar-refractivity contribution in [2.75, 3.05) is 5.73 Å². The van der Waals surface area contributed by atoms with Crippen molar-refractivity contribution in [1.82, 2.24) is 14.9 Å². The number of aromatic nitrogens is 2. The average molecular weight is 351 g/mol. The van der Waals surface area contributed by atoms with Crippen LogP contribution in [0.2, 0.25) is 5.02 Å². The first-order valence-electron chi connectivity index (χ1n) is 7.86. The molecule has 2 heterocycles. The van der Waals surface area contributed by atoms with Gasteiger partial charge in [0.2, 0.25) is 5.95 Å². The molecule has 5 nitrogen and oxygen atoms in total. The first kappa shape index (κ1) is 15.6. The normalized spacial score (nSPS) is 12.9. The van der Waals surface area contributed by atoms with Crippen molar-refractivity contribution in [1.29, 1.82) is 0 Å². The van der Waals surface area contributed by atoms with E-state index in [-0.39, 0.29) is 11.9 Å². The molecule has 4 rings (SSSR count). The minimum absolute atomic E-state index is 0.0331. The highest BCUT2D eigenvalue weighted by Gasteiger charge is 2.25. The summed E-state index contributed by atoms with van der Waals surface area (Å²) in [5, 5.41) is 0.688. The van der Waals surface area contributed by atoms with Gasteiger partial charge in [-0.1, -0.05) is 35.9 Å². The van der Waals surface area contributed by atoms with Crippen LogP contribution in [0.5, 0.6) is 0 Å². The monoisotopic (exact) mass is 350 g/mol. The van der Waals surface area contributed by atoms with E-state index >= 15 is 0 Å². The van der Waals surface area contributed by atoms with Crippen LogP contribution in [0.4, 0.5) is 5.95 Å². The molecule has 6 heteroatoms. The first-order valence-corrected chi connectivity index (χ1v) is 8.23. The molecule has 0 aliphatic carbocycles. The summed E-state index contributed by atoms with van der Waals surface area (Å²) in [6, 6.07) is 15.2. The molecule has 1 amide bonds. The Kier molecular flexibility index (Phi) is 3.86. The van der Waals surface area contributed by atoms with Crippen molar-refractivity contribution >= 4 is 23.5 Å². The van der Waals surface area contributed by atoms with Gasteiger partial charge < -0.3 is 10.6 Å². The van der Waals surface area contributed by atoms with Crippen LogP contribution in [-0.4, -0.2) is 20.8 Å². The molecule has 2 N–H and O–H groups in total. The number of fused-ring (bicyclic) bond motifs is 1. The van der Waals surface area contributed by atoms with Gasteiger partial charge in [0.1, 0.15) is 0 Å². The van der Waals surface area contributed by atoms with Crippen LogP contribution >= 0.6 is 11.6 Å². The van der Waals surface area contributed by atoms with E-state index < -0.39 is 0 Å². The average Bonchev–Trinajstić information content (AvgIpc) is 3.04. The lowest BCUT2D eigenvalue weighted by molar-refractivity contribution is 0.0750. The number of benzene rings is 2. The Morgan fingerprint density at radius 3 is 2.64 bits per heavy atom. The molecule has 0 atom stereocenters. The fourth-order valence-electron chi connectivity index (χ4n) is 2.97. The van der Waals surface area contributed by atoms with E-state index in [1.54, 1.807) is 11.1 Å². The highest BCUT2D eigenvalue weighted by molar-refractivity contribution is 6.30. The van der Waals surface area contributed by atoms with E-state index in [4.69, 9.17) is 17.3 Å². The van der Waals surface area contributed by atoms with Crippen molar-refractivity contribution in [2.45, 2.75) is 13.1 Å². The second-order valence-corrected chi connectivity index (χ2v) is 6.39. The lowest BCUT2D eigenvalue weighted by Gasteiger charge is -2.15. The summed E-state index contributed by atoms with van der Waals surface area (Å²) in [4.78, 5) is 22.7. The summed E-state index contributed by atoms with van der Waals surface area (Å²) in [5.74, 6) is 0.202. The molecule has 25 heavy (non-hydrogen) atoms. The molecule has 0 bridgehead atoms. The highest BCUT2D eigenvalue weighted by Crippen LogP contribution is 2.25. The maximum absolute atomic E-state index is 12.7. The Morgan fingerprint density at radius 1 is 1.08 bits per heavy atom. The van der Waals surface area contributed by atoms with E-state index in [1.807, 2.05) is 48.5 Å². The second kappa shape index (κ2) is 6.18. The first-order chi connectivity index (χ1) is 12.1. The molecule has 0 fully saturated rings. The molecular formula is C19H15ClN4O. The maximum atomic E-state index is 12.7. The molecule has 0 radical (unpaired) electrons. The summed E-state index contributed by atoms with van der Waals surface area (Å²) < 4.78 is 0. The Labute approximate surface area is 150 Å². The van der Waals surface area contributed by atoms with E-state index in [1.165, 1.54) is 0 Å². The minimum atomic E-state index is -0.0331. The number of nitrogen functional groups attached to an aromatic ring is 1. The smallest absolute Gasteiger partial charge is 0.254 e. The Morgan fingerprint density at radius 2 is 1.88 bits per heavy atom. The van der Waals surface area contributed by atoms with Crippen molar-refractivity contribution in [3.63, 3.8) is 0 Å². The standard InChI is InChI=1S/C19H15ClN4O/c20-16-3-1-2-14(8-16)12-4-6-13(7-5-12)18(25)24-10-15-9-22-19(21)23-17(15)11-24/h1-9H,10-11H2,(H2,21,22,23). The molecule has 0 saturated carbocycles. The van der Waals surface area contributed by atoms with Crippen molar-refractivity contribution < 1.29 is 4.79 Å². The van der Waals surface area contributed by atoms with Gasteiger partial charge in [-0.25, -0.2) is 9.97 Å². The van der Waals surface area contributed by atoms with Crippen LogP contribution in [0.15, 0.2) is 54.7 Å². The van der Waals surface area contributed by atoms with E-state index in [9.17, 15) is 4.79 Å². The molecular weight excluding hydrogens is 336 g/mol. The van der Waals surface area contributed by atoms with Gasteiger partial charge in [-0.15, -0.1) is 0 Å². The third kappa shape index (κ3) is 3.06. The van der Waals surface area contributed by atoms with Crippen LogP contribution in [-0.2, 0) is 13.1 Å². The molecule has 3 aromatic rings. The summed E-state index contributed by atoms with van der Waals surface area (Å²) in [5.41, 5.74) is 10.0. The number of nitrogens with two attached hydrogens (primary N) is 1. The fraction of sp³-hybridized carbons (Fsp3) is 0.105. The van der Waals surface area contributed by atoms with E-state index in [2.05, 4.69) is 9.97 Å². The number of carbonyl (C=O) groups is 1. The van der Waals surface area contributed by atoms with Gasteiger partial charge in [0.05, 0.1) is 12.2 Å². The van der Waals surface area contributed by atoms with Gasteiger partial charge in [-0.05, 0) is 35.4 Å². The molecule has 124 valence electrons. The quantitative estimate of drug-likeness (QED) is 0.767. The Hall–Kier alpha value is -2.92. The lowest BCUT2D eigenvalue weighted by Crippen LogP contribution is -2.25. The van der Waals surface area contributed by atoms with Gasteiger partial charge in [0, 0.05) is 28.9 Å². The summed E-state index contributed by atoms with van der Waals surface area (Å²) in [6.07, 6.45) is 1.69. The third-order valence-electron chi connectivity index (χ3n) is 4.25. The molecule has 1 aliphatic rings. The Balaban J connectivity index is 1.54. The van der Waals surface area contributed by atoms with Crippen LogP contribution in [0.25, 0.3) is 11.1 Å². The van der Waals surface area contributed by atoms with Gasteiger partial charge in [0.15, 0.2) is 0 Å². The number of rotatable bonds is 2. The zero-order chi connectivity index (χ0) is 17.4. The lowest BCUT2D eigenvalue weighted by atomic mass is 10.0.